The number of aromatic nitrogens is 3. The van der Waals surface area contributed by atoms with Gasteiger partial charge in [-0.1, -0.05) is 41.5 Å². The van der Waals surface area contributed by atoms with Crippen LogP contribution in [-0.2, 0) is 9.59 Å². The van der Waals surface area contributed by atoms with E-state index in [2.05, 4.69) is 30.5 Å². The number of hydrogen-bond acceptors (Lipinski definition) is 9. The van der Waals surface area contributed by atoms with Crippen molar-refractivity contribution < 1.29 is 14.4 Å². The predicted octanol–water partition coefficient (Wildman–Crippen LogP) is 4.28. The summed E-state index contributed by atoms with van der Waals surface area (Å²) in [6, 6.07) is 7.29. The van der Waals surface area contributed by atoms with Gasteiger partial charge in [-0.3, -0.25) is 14.4 Å². The summed E-state index contributed by atoms with van der Waals surface area (Å²) in [7, 11) is 0. The average molecular weight is 585 g/mol. The van der Waals surface area contributed by atoms with Crippen LogP contribution in [0.5, 0.6) is 0 Å². The molecule has 0 unspecified atom stereocenters. The van der Waals surface area contributed by atoms with E-state index in [4.69, 9.17) is 17.3 Å². The molecule has 0 spiro atoms. The Morgan fingerprint density at radius 2 is 1.80 bits per heavy atom. The Labute approximate surface area is 242 Å². The van der Waals surface area contributed by atoms with Gasteiger partial charge in [-0.25, -0.2) is 15.0 Å². The fourth-order valence-electron chi connectivity index (χ4n) is 4.39. The predicted molar refractivity (Wildman–Crippen MR) is 157 cm³/mol. The highest BCUT2D eigenvalue weighted by Gasteiger charge is 2.22. The number of rotatable bonds is 11. The van der Waals surface area contributed by atoms with Gasteiger partial charge in [0.25, 0.3) is 5.91 Å². The number of benzene rings is 1. The zero-order valence-corrected chi connectivity index (χ0v) is 24.1. The molecule has 40 heavy (non-hydrogen) atoms. The van der Waals surface area contributed by atoms with E-state index in [0.717, 1.165) is 30.6 Å². The van der Waals surface area contributed by atoms with Gasteiger partial charge in [-0.2, -0.15) is 0 Å². The van der Waals surface area contributed by atoms with Gasteiger partial charge in [-0.15, -0.1) is 0 Å². The highest BCUT2D eigenvalue weighted by Crippen LogP contribution is 2.28. The van der Waals surface area contributed by atoms with Gasteiger partial charge in [-0.05, 0) is 38.3 Å². The number of hydrogen-bond donors (Lipinski definition) is 3. The van der Waals surface area contributed by atoms with Crippen molar-refractivity contribution in [2.24, 2.45) is 5.73 Å². The van der Waals surface area contributed by atoms with E-state index in [1.54, 1.807) is 6.07 Å². The van der Waals surface area contributed by atoms with Gasteiger partial charge in [0.05, 0.1) is 16.9 Å². The zero-order chi connectivity index (χ0) is 28.6. The molecule has 1 aromatic carbocycles. The third-order valence-corrected chi connectivity index (χ3v) is 7.75. The van der Waals surface area contributed by atoms with Crippen LogP contribution in [-0.4, -0.2) is 63.8 Å². The maximum absolute atomic E-state index is 12.8. The molecular formula is C27H33ClN8O3S. The molecule has 2 aromatic heterocycles. The molecule has 1 fully saturated rings. The highest BCUT2D eigenvalue weighted by molar-refractivity contribution is 7.17. The highest BCUT2D eigenvalue weighted by atomic mass is 35.5. The number of aryl methyl sites for hydroxylation is 2. The van der Waals surface area contributed by atoms with E-state index < -0.39 is 0 Å². The summed E-state index contributed by atoms with van der Waals surface area (Å²) in [4.78, 5) is 54.0. The van der Waals surface area contributed by atoms with Crippen molar-refractivity contribution in [1.82, 2.24) is 19.9 Å². The lowest BCUT2D eigenvalue weighted by molar-refractivity contribution is -0.131. The van der Waals surface area contributed by atoms with Crippen molar-refractivity contribution in [3.05, 3.63) is 51.7 Å². The van der Waals surface area contributed by atoms with Crippen LogP contribution in [0.4, 0.5) is 22.5 Å². The molecule has 0 radical (unpaired) electrons. The van der Waals surface area contributed by atoms with E-state index in [0.29, 0.717) is 71.4 Å². The fraction of sp³-hybridized carbons (Fsp3) is 0.407. The van der Waals surface area contributed by atoms with Crippen LogP contribution in [0, 0.1) is 13.8 Å². The zero-order valence-electron chi connectivity index (χ0n) is 22.6. The van der Waals surface area contributed by atoms with Crippen LogP contribution in [0.1, 0.15) is 53.2 Å². The lowest BCUT2D eigenvalue weighted by Crippen LogP contribution is -2.49. The second-order valence-corrected chi connectivity index (χ2v) is 11.0. The summed E-state index contributed by atoms with van der Waals surface area (Å²) >= 11 is 7.45. The first-order chi connectivity index (χ1) is 19.2. The van der Waals surface area contributed by atoms with Crippen molar-refractivity contribution in [1.29, 1.82) is 0 Å². The van der Waals surface area contributed by atoms with Crippen LogP contribution >= 0.6 is 22.9 Å². The van der Waals surface area contributed by atoms with Crippen molar-refractivity contribution in [2.75, 3.05) is 41.7 Å². The minimum atomic E-state index is -0.302. The monoisotopic (exact) mass is 584 g/mol. The summed E-state index contributed by atoms with van der Waals surface area (Å²) in [6.45, 7) is 6.24. The van der Waals surface area contributed by atoms with Gasteiger partial charge < -0.3 is 26.2 Å². The Morgan fingerprint density at radius 1 is 1.05 bits per heavy atom. The van der Waals surface area contributed by atoms with Crippen molar-refractivity contribution >= 4 is 63.1 Å². The Bertz CT molecular complexity index is 1350. The normalized spacial score (nSPS) is 13.3. The molecule has 1 aliphatic rings. The van der Waals surface area contributed by atoms with Crippen LogP contribution in [0.25, 0.3) is 0 Å². The van der Waals surface area contributed by atoms with E-state index in [9.17, 15) is 14.4 Å². The van der Waals surface area contributed by atoms with E-state index in [-0.39, 0.29) is 17.7 Å². The number of nitrogens with two attached hydrogens (primary N) is 1. The first-order valence-electron chi connectivity index (χ1n) is 13.2. The van der Waals surface area contributed by atoms with Gasteiger partial charge in [0, 0.05) is 45.1 Å². The van der Waals surface area contributed by atoms with Crippen LogP contribution in [0.3, 0.4) is 0 Å². The number of carbonyl (C=O) groups excluding carboxylic acids is 3. The van der Waals surface area contributed by atoms with Crippen LogP contribution in [0.2, 0.25) is 5.02 Å². The molecule has 0 atom stereocenters. The summed E-state index contributed by atoms with van der Waals surface area (Å²) in [5.74, 6) is 1.47. The Kier molecular flexibility index (Phi) is 9.88. The first kappa shape index (κ1) is 29.2. The topological polar surface area (TPSA) is 146 Å². The molecule has 3 amide bonds. The molecule has 0 bridgehead atoms. The summed E-state index contributed by atoms with van der Waals surface area (Å²) in [6.07, 6.45) is 4.65. The number of carbonyl (C=O) groups is 3. The van der Waals surface area contributed by atoms with Gasteiger partial charge >= 0.3 is 0 Å². The lowest BCUT2D eigenvalue weighted by Gasteiger charge is -2.35. The van der Waals surface area contributed by atoms with Crippen molar-refractivity contribution in [3.63, 3.8) is 0 Å². The largest absolute Gasteiger partial charge is 0.370 e. The van der Waals surface area contributed by atoms with E-state index in [1.165, 1.54) is 17.5 Å². The number of halogens is 1. The molecule has 3 aromatic rings. The summed E-state index contributed by atoms with van der Waals surface area (Å²) in [5.41, 5.74) is 6.61. The van der Waals surface area contributed by atoms with Crippen LogP contribution in [0.15, 0.2) is 30.5 Å². The van der Waals surface area contributed by atoms with Crippen LogP contribution < -0.4 is 21.3 Å². The molecule has 11 nitrogen and oxygen atoms in total. The Hall–Kier alpha value is -3.77. The van der Waals surface area contributed by atoms with E-state index in [1.807, 2.05) is 36.9 Å². The quantitative estimate of drug-likeness (QED) is 0.283. The third-order valence-electron chi connectivity index (χ3n) is 6.52. The smallest absolute Gasteiger partial charge is 0.267 e. The maximum atomic E-state index is 12.8. The molecule has 0 aliphatic carbocycles. The molecule has 13 heteroatoms. The maximum Gasteiger partial charge on any atom is 0.267 e. The van der Waals surface area contributed by atoms with Gasteiger partial charge in [0.1, 0.15) is 22.3 Å². The Balaban J connectivity index is 1.31. The number of primary amides is 1. The van der Waals surface area contributed by atoms with Gasteiger partial charge in [0.2, 0.25) is 11.8 Å². The standard InChI is InChI=1S/C27H33ClN8O3S/c1-17-7-6-8-19(28)25(17)34-26(39)20-16-30-27(40-20)33-22-15-23(32-18(2)31-22)35-11-13-36(14-12-35)24(38)10-5-3-4-9-21(29)37/h6-8,15-16H,3-5,9-14H2,1-2H3,(H2,29,37)(H,34,39)(H,30,31,32,33). The molecule has 1 saturated heterocycles. The summed E-state index contributed by atoms with van der Waals surface area (Å²) in [5, 5.41) is 7.04. The molecule has 4 N–H and O–H groups in total. The van der Waals surface area contributed by atoms with Crippen molar-refractivity contribution in [2.45, 2.75) is 46.0 Å². The minimum absolute atomic E-state index is 0.133. The van der Waals surface area contributed by atoms with Crippen molar-refractivity contribution in [3.8, 4) is 0 Å². The number of amides is 3. The third kappa shape index (κ3) is 7.89. The number of thiazole rings is 1. The number of piperazine rings is 1. The minimum Gasteiger partial charge on any atom is -0.370 e. The fourth-order valence-corrected chi connectivity index (χ4v) is 5.37. The van der Waals surface area contributed by atoms with E-state index >= 15 is 0 Å². The lowest BCUT2D eigenvalue weighted by atomic mass is 10.1. The first-order valence-corrected chi connectivity index (χ1v) is 14.3. The summed E-state index contributed by atoms with van der Waals surface area (Å²) < 4.78 is 0. The number of para-hydroxylation sites is 1. The number of nitrogens with one attached hydrogen (secondary N) is 2. The second-order valence-electron chi connectivity index (χ2n) is 9.59. The molecule has 212 valence electrons. The molecule has 0 saturated carbocycles. The molecule has 3 heterocycles. The molecular weight excluding hydrogens is 552 g/mol. The number of nitrogens with zero attached hydrogens (tertiary/aromatic N) is 5. The average Bonchev–Trinajstić information content (AvgIpc) is 3.38. The number of unbranched alkanes of at least 4 members (excludes halogenated alkanes) is 2. The molecule has 4 rings (SSSR count). The second kappa shape index (κ2) is 13.5. The SMILES string of the molecule is Cc1nc(Nc2ncc(C(=O)Nc3c(C)cccc3Cl)s2)cc(N2CCN(C(=O)CCCCCC(N)=O)CC2)n1. The number of anilines is 4. The Morgan fingerprint density at radius 3 is 2.52 bits per heavy atom. The van der Waals surface area contributed by atoms with Gasteiger partial charge in [0.15, 0.2) is 5.13 Å². The molecule has 1 aliphatic heterocycles.